The smallest absolute Gasteiger partial charge is 0.222 e. The maximum absolute atomic E-state index is 11.1. The molecule has 68 valence electrons. The Morgan fingerprint density at radius 3 is 2.69 bits per heavy atom. The van der Waals surface area contributed by atoms with Gasteiger partial charge < -0.3 is 5.32 Å². The van der Waals surface area contributed by atoms with Crippen LogP contribution in [0.2, 0.25) is 0 Å². The molecule has 0 saturated carbocycles. The Kier molecular flexibility index (Phi) is 2.27. The van der Waals surface area contributed by atoms with Crippen LogP contribution in [0.3, 0.4) is 0 Å². The van der Waals surface area contributed by atoms with Gasteiger partial charge in [-0.1, -0.05) is 30.3 Å². The van der Waals surface area contributed by atoms with Crippen molar-refractivity contribution in [2.24, 2.45) is 0 Å². The predicted molar refractivity (Wildman–Crippen MR) is 49.9 cm³/mol. The first kappa shape index (κ1) is 8.26. The summed E-state index contributed by atoms with van der Waals surface area (Å²) in [5.41, 5.74) is 1.11. The van der Waals surface area contributed by atoms with Gasteiger partial charge in [-0.15, -0.1) is 0 Å². The Morgan fingerprint density at radius 2 is 2.00 bits per heavy atom. The normalized spacial score (nSPS) is 22.5. The molecule has 1 heterocycles. The van der Waals surface area contributed by atoms with Gasteiger partial charge in [0.2, 0.25) is 5.91 Å². The minimum atomic E-state index is -0.0116. The lowest BCUT2D eigenvalue weighted by Crippen LogP contribution is -2.44. The fraction of sp³-hybridized carbons (Fsp3) is 0.300. The molecule has 1 aromatic carbocycles. The zero-order chi connectivity index (χ0) is 9.10. The monoisotopic (exact) mass is 176 g/mol. The average molecular weight is 176 g/mol. The fourth-order valence-electron chi connectivity index (χ4n) is 1.46. The van der Waals surface area contributed by atoms with Crippen molar-refractivity contribution >= 4 is 5.91 Å². The first-order valence-electron chi connectivity index (χ1n) is 4.44. The summed E-state index contributed by atoms with van der Waals surface area (Å²) in [6.07, 6.45) is 0.561. The molecule has 1 saturated heterocycles. The maximum atomic E-state index is 11.1. The molecule has 1 amide bonds. The van der Waals surface area contributed by atoms with Gasteiger partial charge in [-0.3, -0.25) is 10.1 Å². The van der Waals surface area contributed by atoms with Crippen molar-refractivity contribution in [1.82, 2.24) is 10.6 Å². The summed E-state index contributed by atoms with van der Waals surface area (Å²) >= 11 is 0. The summed E-state index contributed by atoms with van der Waals surface area (Å²) in [6.45, 7) is 0.755. The van der Waals surface area contributed by atoms with Crippen LogP contribution in [0.25, 0.3) is 0 Å². The number of hydrogen-bond acceptors (Lipinski definition) is 2. The molecule has 1 aromatic rings. The van der Waals surface area contributed by atoms with Crippen LogP contribution < -0.4 is 10.6 Å². The molecule has 0 aliphatic carbocycles. The number of rotatable bonds is 1. The highest BCUT2D eigenvalue weighted by Gasteiger charge is 2.17. The summed E-state index contributed by atoms with van der Waals surface area (Å²) in [6, 6.07) is 9.91. The molecule has 1 atom stereocenters. The summed E-state index contributed by atoms with van der Waals surface area (Å²) in [5.74, 6) is 0.118. The van der Waals surface area contributed by atoms with E-state index in [2.05, 4.69) is 10.6 Å². The van der Waals surface area contributed by atoms with E-state index in [1.54, 1.807) is 0 Å². The summed E-state index contributed by atoms with van der Waals surface area (Å²) in [7, 11) is 0. The van der Waals surface area contributed by atoms with Crippen LogP contribution >= 0.6 is 0 Å². The van der Waals surface area contributed by atoms with Crippen LogP contribution in [-0.4, -0.2) is 12.5 Å². The third-order valence-corrected chi connectivity index (χ3v) is 2.14. The highest BCUT2D eigenvalue weighted by Crippen LogP contribution is 2.11. The molecule has 3 nitrogen and oxygen atoms in total. The largest absolute Gasteiger partial charge is 0.337 e. The van der Waals surface area contributed by atoms with Gasteiger partial charge in [-0.05, 0) is 5.56 Å². The van der Waals surface area contributed by atoms with Crippen molar-refractivity contribution in [3.8, 4) is 0 Å². The van der Waals surface area contributed by atoms with Crippen molar-refractivity contribution in [2.75, 3.05) is 6.54 Å². The molecular weight excluding hydrogens is 164 g/mol. The van der Waals surface area contributed by atoms with Crippen molar-refractivity contribution in [2.45, 2.75) is 12.6 Å². The van der Waals surface area contributed by atoms with E-state index in [0.29, 0.717) is 6.42 Å². The van der Waals surface area contributed by atoms with Gasteiger partial charge in [0.1, 0.15) is 6.17 Å². The SMILES string of the molecule is O=C1CCN[C@@H](c2ccccc2)N1. The summed E-state index contributed by atoms with van der Waals surface area (Å²) in [5, 5.41) is 6.12. The van der Waals surface area contributed by atoms with Crippen molar-refractivity contribution < 1.29 is 4.79 Å². The first-order chi connectivity index (χ1) is 6.36. The lowest BCUT2D eigenvalue weighted by atomic mass is 10.1. The molecule has 2 N–H and O–H groups in total. The molecule has 0 spiro atoms. The predicted octanol–water partition coefficient (Wildman–Crippen LogP) is 0.795. The van der Waals surface area contributed by atoms with Crippen LogP contribution in [0.15, 0.2) is 30.3 Å². The summed E-state index contributed by atoms with van der Waals surface area (Å²) < 4.78 is 0. The Hall–Kier alpha value is -1.35. The van der Waals surface area contributed by atoms with Crippen molar-refractivity contribution in [3.05, 3.63) is 35.9 Å². The molecule has 1 fully saturated rings. The molecule has 0 radical (unpaired) electrons. The Bertz CT molecular complexity index is 297. The number of nitrogens with one attached hydrogen (secondary N) is 2. The van der Waals surface area contributed by atoms with E-state index in [4.69, 9.17) is 0 Å². The topological polar surface area (TPSA) is 41.1 Å². The lowest BCUT2D eigenvalue weighted by molar-refractivity contribution is -0.123. The van der Waals surface area contributed by atoms with E-state index in [1.165, 1.54) is 0 Å². The van der Waals surface area contributed by atoms with Gasteiger partial charge in [0.25, 0.3) is 0 Å². The Labute approximate surface area is 77.1 Å². The maximum Gasteiger partial charge on any atom is 0.222 e. The second kappa shape index (κ2) is 3.58. The highest BCUT2D eigenvalue weighted by molar-refractivity contribution is 5.77. The van der Waals surface area contributed by atoms with Crippen molar-refractivity contribution in [1.29, 1.82) is 0 Å². The van der Waals surface area contributed by atoms with Gasteiger partial charge in [-0.2, -0.15) is 0 Å². The standard InChI is InChI=1S/C10H12N2O/c13-9-6-7-11-10(12-9)8-4-2-1-3-5-8/h1-5,10-11H,6-7H2,(H,12,13)/t10-/m1/s1. The molecule has 1 aliphatic heterocycles. The number of amides is 1. The summed E-state index contributed by atoms with van der Waals surface area (Å²) in [4.78, 5) is 11.1. The van der Waals surface area contributed by atoms with Gasteiger partial charge in [-0.25, -0.2) is 0 Å². The van der Waals surface area contributed by atoms with Crippen LogP contribution in [0.1, 0.15) is 18.2 Å². The molecule has 0 aromatic heterocycles. The first-order valence-corrected chi connectivity index (χ1v) is 4.44. The number of carbonyl (C=O) groups excluding carboxylic acids is 1. The minimum absolute atomic E-state index is 0.0116. The number of hydrogen-bond donors (Lipinski definition) is 2. The quantitative estimate of drug-likeness (QED) is 0.664. The van der Waals surface area contributed by atoms with E-state index in [1.807, 2.05) is 30.3 Å². The molecular formula is C10H12N2O. The average Bonchev–Trinajstić information content (AvgIpc) is 2.19. The van der Waals surface area contributed by atoms with Gasteiger partial charge in [0.15, 0.2) is 0 Å². The highest BCUT2D eigenvalue weighted by atomic mass is 16.1. The third-order valence-electron chi connectivity index (χ3n) is 2.14. The van der Waals surface area contributed by atoms with Crippen LogP contribution in [0.5, 0.6) is 0 Å². The van der Waals surface area contributed by atoms with E-state index in [-0.39, 0.29) is 12.1 Å². The zero-order valence-electron chi connectivity index (χ0n) is 7.29. The second-order valence-electron chi connectivity index (χ2n) is 3.12. The van der Waals surface area contributed by atoms with Gasteiger partial charge >= 0.3 is 0 Å². The number of benzene rings is 1. The Morgan fingerprint density at radius 1 is 1.23 bits per heavy atom. The zero-order valence-corrected chi connectivity index (χ0v) is 7.29. The van der Waals surface area contributed by atoms with Crippen LogP contribution in [0, 0.1) is 0 Å². The Balaban J connectivity index is 2.13. The molecule has 2 rings (SSSR count). The van der Waals surface area contributed by atoms with E-state index in [0.717, 1.165) is 12.1 Å². The minimum Gasteiger partial charge on any atom is -0.337 e. The molecule has 3 heteroatoms. The molecule has 13 heavy (non-hydrogen) atoms. The molecule has 0 unspecified atom stereocenters. The van der Waals surface area contributed by atoms with Crippen molar-refractivity contribution in [3.63, 3.8) is 0 Å². The molecule has 1 aliphatic rings. The lowest BCUT2D eigenvalue weighted by Gasteiger charge is -2.24. The second-order valence-corrected chi connectivity index (χ2v) is 3.12. The fourth-order valence-corrected chi connectivity index (χ4v) is 1.46. The van der Waals surface area contributed by atoms with E-state index in [9.17, 15) is 4.79 Å². The molecule has 0 bridgehead atoms. The van der Waals surface area contributed by atoms with E-state index >= 15 is 0 Å². The third kappa shape index (κ3) is 1.87. The van der Waals surface area contributed by atoms with Crippen LogP contribution in [-0.2, 0) is 4.79 Å². The van der Waals surface area contributed by atoms with Gasteiger partial charge in [0.05, 0.1) is 0 Å². The van der Waals surface area contributed by atoms with Gasteiger partial charge in [0, 0.05) is 13.0 Å². The van der Waals surface area contributed by atoms with E-state index < -0.39 is 0 Å². The number of carbonyl (C=O) groups is 1. The van der Waals surface area contributed by atoms with Crippen LogP contribution in [0.4, 0.5) is 0 Å².